The molecule has 1 aromatic rings. The van der Waals surface area contributed by atoms with E-state index in [0.717, 1.165) is 6.07 Å². The van der Waals surface area contributed by atoms with Crippen molar-refractivity contribution in [1.82, 2.24) is 4.98 Å². The molecule has 0 aliphatic carbocycles. The summed E-state index contributed by atoms with van der Waals surface area (Å²) in [4.78, 5) is 3.22. The molecule has 8 heteroatoms. The monoisotopic (exact) mass is 256 g/mol. The Kier molecular flexibility index (Phi) is 3.27. The highest BCUT2D eigenvalue weighted by molar-refractivity contribution is 6.42. The van der Waals surface area contributed by atoms with Crippen LogP contribution in [0.3, 0.4) is 0 Å². The summed E-state index contributed by atoms with van der Waals surface area (Å²) in [5.74, 6) is -0.937. The molecule has 0 fully saturated rings. The van der Waals surface area contributed by atoms with Crippen LogP contribution in [0.4, 0.5) is 13.2 Å². The van der Waals surface area contributed by atoms with Crippen molar-refractivity contribution in [3.05, 3.63) is 21.8 Å². The van der Waals surface area contributed by atoms with Crippen molar-refractivity contribution in [1.29, 1.82) is 5.26 Å². The maximum atomic E-state index is 11.8. The number of rotatable bonds is 1. The van der Waals surface area contributed by atoms with Crippen molar-refractivity contribution in [2.45, 2.75) is 6.36 Å². The summed E-state index contributed by atoms with van der Waals surface area (Å²) in [5, 5.41) is 7.70. The first-order valence-electron chi connectivity index (χ1n) is 3.35. The summed E-state index contributed by atoms with van der Waals surface area (Å²) in [6.45, 7) is 0. The Labute approximate surface area is 92.0 Å². The molecule has 1 heterocycles. The van der Waals surface area contributed by atoms with E-state index in [2.05, 4.69) is 9.72 Å². The lowest BCUT2D eigenvalue weighted by Crippen LogP contribution is -2.18. The van der Waals surface area contributed by atoms with Crippen LogP contribution >= 0.6 is 23.2 Å². The van der Waals surface area contributed by atoms with E-state index in [1.54, 1.807) is 0 Å². The van der Waals surface area contributed by atoms with Gasteiger partial charge in [-0.2, -0.15) is 5.26 Å². The van der Waals surface area contributed by atoms with E-state index in [1.807, 2.05) is 0 Å². The van der Waals surface area contributed by atoms with Crippen molar-refractivity contribution >= 4 is 23.2 Å². The van der Waals surface area contributed by atoms with Crippen LogP contribution in [0.15, 0.2) is 6.07 Å². The third kappa shape index (κ3) is 3.15. The molecule has 1 aromatic heterocycles. The zero-order chi connectivity index (χ0) is 11.6. The summed E-state index contributed by atoms with van der Waals surface area (Å²) in [6, 6.07) is 2.55. The molecule has 1 rings (SSSR count). The molecule has 0 bridgehead atoms. The van der Waals surface area contributed by atoms with Crippen LogP contribution in [0.1, 0.15) is 5.69 Å². The van der Waals surface area contributed by atoms with Crippen LogP contribution in [0.2, 0.25) is 10.0 Å². The highest BCUT2D eigenvalue weighted by atomic mass is 35.5. The first kappa shape index (κ1) is 11.9. The van der Waals surface area contributed by atoms with Gasteiger partial charge < -0.3 is 4.74 Å². The Morgan fingerprint density at radius 1 is 1.40 bits per heavy atom. The molecular formula is C7HCl2F3N2O. The van der Waals surface area contributed by atoms with Gasteiger partial charge in [0.1, 0.15) is 16.8 Å². The number of pyridine rings is 1. The summed E-state index contributed by atoms with van der Waals surface area (Å²) in [6.07, 6.45) is -4.94. The fourth-order valence-electron chi connectivity index (χ4n) is 0.711. The Balaban J connectivity index is 3.18. The average molecular weight is 257 g/mol. The van der Waals surface area contributed by atoms with Gasteiger partial charge in [-0.05, 0) is 6.07 Å². The maximum Gasteiger partial charge on any atom is 0.574 e. The number of nitriles is 1. The fraction of sp³-hybridized carbons (Fsp3) is 0.143. The predicted octanol–water partition coefficient (Wildman–Crippen LogP) is 3.16. The number of halogens is 5. The Bertz CT molecular complexity index is 427. The Hall–Kier alpha value is -1.19. The van der Waals surface area contributed by atoms with Crippen LogP contribution < -0.4 is 4.74 Å². The standard InChI is InChI=1S/C7HCl2F3N2O/c8-4-1-3(2-13)14-6(5(4)9)15-7(10,11)12/h1H. The van der Waals surface area contributed by atoms with Crippen molar-refractivity contribution in [2.24, 2.45) is 0 Å². The van der Waals surface area contributed by atoms with Crippen molar-refractivity contribution in [3.8, 4) is 11.9 Å². The quantitative estimate of drug-likeness (QED) is 0.776. The normalized spacial score (nSPS) is 10.9. The number of alkyl halides is 3. The van der Waals surface area contributed by atoms with Crippen molar-refractivity contribution in [2.75, 3.05) is 0 Å². The molecule has 0 amide bonds. The zero-order valence-electron chi connectivity index (χ0n) is 6.77. The summed E-state index contributed by atoms with van der Waals surface area (Å²) >= 11 is 10.9. The van der Waals surface area contributed by atoms with Gasteiger partial charge in [-0.25, -0.2) is 4.98 Å². The molecule has 15 heavy (non-hydrogen) atoms. The molecule has 0 saturated carbocycles. The third-order valence-corrected chi connectivity index (χ3v) is 1.97. The molecule has 80 valence electrons. The van der Waals surface area contributed by atoms with Gasteiger partial charge in [0.25, 0.3) is 0 Å². The van der Waals surface area contributed by atoms with Crippen LogP contribution in [-0.2, 0) is 0 Å². The molecule has 0 aromatic carbocycles. The van der Waals surface area contributed by atoms with Gasteiger partial charge in [0.15, 0.2) is 0 Å². The number of nitrogens with zero attached hydrogens (tertiary/aromatic N) is 2. The van der Waals surface area contributed by atoms with Crippen molar-refractivity contribution in [3.63, 3.8) is 0 Å². The number of aromatic nitrogens is 1. The molecule has 0 atom stereocenters. The lowest BCUT2D eigenvalue weighted by Gasteiger charge is -2.09. The third-order valence-electron chi connectivity index (χ3n) is 1.21. The highest BCUT2D eigenvalue weighted by Crippen LogP contribution is 2.33. The van der Waals surface area contributed by atoms with Crippen LogP contribution in [0, 0.1) is 11.3 Å². The van der Waals surface area contributed by atoms with E-state index >= 15 is 0 Å². The molecule has 0 radical (unpaired) electrons. The smallest absolute Gasteiger partial charge is 0.386 e. The zero-order valence-corrected chi connectivity index (χ0v) is 8.28. The highest BCUT2D eigenvalue weighted by Gasteiger charge is 2.33. The molecule has 0 spiro atoms. The fourth-order valence-corrected chi connectivity index (χ4v) is 1.03. The predicted molar refractivity (Wildman–Crippen MR) is 45.7 cm³/mol. The van der Waals surface area contributed by atoms with Crippen LogP contribution in [-0.4, -0.2) is 11.3 Å². The van der Waals surface area contributed by atoms with Gasteiger partial charge in [0.05, 0.1) is 5.02 Å². The summed E-state index contributed by atoms with van der Waals surface area (Å²) < 4.78 is 39.0. The summed E-state index contributed by atoms with van der Waals surface area (Å²) in [5.41, 5.74) is -0.316. The molecule has 0 saturated heterocycles. The molecule has 3 nitrogen and oxygen atoms in total. The van der Waals surface area contributed by atoms with E-state index in [-0.39, 0.29) is 10.7 Å². The second-order valence-electron chi connectivity index (χ2n) is 2.27. The van der Waals surface area contributed by atoms with Gasteiger partial charge in [0, 0.05) is 0 Å². The van der Waals surface area contributed by atoms with Crippen molar-refractivity contribution < 1.29 is 17.9 Å². The topological polar surface area (TPSA) is 45.9 Å². The first-order valence-corrected chi connectivity index (χ1v) is 4.11. The Morgan fingerprint density at radius 3 is 2.47 bits per heavy atom. The Morgan fingerprint density at radius 2 is 2.00 bits per heavy atom. The number of hydrogen-bond donors (Lipinski definition) is 0. The lowest BCUT2D eigenvalue weighted by atomic mass is 10.4. The molecule has 0 unspecified atom stereocenters. The molecule has 0 N–H and O–H groups in total. The minimum atomic E-state index is -4.94. The van der Waals surface area contributed by atoms with E-state index < -0.39 is 17.3 Å². The number of hydrogen-bond acceptors (Lipinski definition) is 3. The average Bonchev–Trinajstić information content (AvgIpc) is 2.10. The SMILES string of the molecule is N#Cc1cc(Cl)c(Cl)c(OC(F)(F)F)n1. The van der Waals surface area contributed by atoms with E-state index in [9.17, 15) is 13.2 Å². The van der Waals surface area contributed by atoms with Gasteiger partial charge in [-0.15, -0.1) is 13.2 Å². The van der Waals surface area contributed by atoms with Gasteiger partial charge in [-0.3, -0.25) is 0 Å². The van der Waals surface area contributed by atoms with Gasteiger partial charge in [0.2, 0.25) is 5.88 Å². The molecule has 0 aliphatic heterocycles. The first-order chi connectivity index (χ1) is 6.83. The molecule has 0 aliphatic rings. The van der Waals surface area contributed by atoms with E-state index in [1.165, 1.54) is 6.07 Å². The maximum absolute atomic E-state index is 11.8. The minimum Gasteiger partial charge on any atom is -0.386 e. The number of ether oxygens (including phenoxy) is 1. The van der Waals surface area contributed by atoms with E-state index in [4.69, 9.17) is 28.5 Å². The van der Waals surface area contributed by atoms with Crippen LogP contribution in [0.5, 0.6) is 5.88 Å². The van der Waals surface area contributed by atoms with E-state index in [0.29, 0.717) is 0 Å². The van der Waals surface area contributed by atoms with Gasteiger partial charge >= 0.3 is 6.36 Å². The second kappa shape index (κ2) is 4.13. The molecular weight excluding hydrogens is 256 g/mol. The minimum absolute atomic E-state index is 0.234. The van der Waals surface area contributed by atoms with Gasteiger partial charge in [-0.1, -0.05) is 23.2 Å². The second-order valence-corrected chi connectivity index (χ2v) is 3.05. The summed E-state index contributed by atoms with van der Waals surface area (Å²) in [7, 11) is 0. The van der Waals surface area contributed by atoms with Crippen LogP contribution in [0.25, 0.3) is 0 Å². The largest absolute Gasteiger partial charge is 0.574 e. The lowest BCUT2D eigenvalue weighted by molar-refractivity contribution is -0.276.